The van der Waals surface area contributed by atoms with E-state index >= 15 is 0 Å². The van der Waals surface area contributed by atoms with Crippen LogP contribution in [0, 0.1) is 6.92 Å². The number of aliphatic carboxylic acids is 1. The van der Waals surface area contributed by atoms with Crippen LogP contribution in [0.5, 0.6) is 0 Å². The van der Waals surface area contributed by atoms with E-state index in [-0.39, 0.29) is 13.2 Å². The van der Waals surface area contributed by atoms with Gasteiger partial charge >= 0.3 is 17.9 Å². The fraction of sp³-hybridized carbons (Fsp3) is 0.471. The molecule has 0 fully saturated rings. The number of carboxylic acid groups (broad SMARTS) is 1. The molecule has 4 N–H and O–H groups in total. The van der Waals surface area contributed by atoms with E-state index in [4.69, 9.17) is 22.4 Å². The molecule has 0 radical (unpaired) electrons. The first kappa shape index (κ1) is 23.7. The highest BCUT2D eigenvalue weighted by molar-refractivity contribution is 6.33. The van der Waals surface area contributed by atoms with Gasteiger partial charge in [0.05, 0.1) is 23.9 Å². The van der Waals surface area contributed by atoms with Crippen LogP contribution in [-0.4, -0.2) is 48.3 Å². The van der Waals surface area contributed by atoms with Gasteiger partial charge in [-0.2, -0.15) is 0 Å². The molecule has 0 aliphatic rings. The number of carboxylic acids is 1. The van der Waals surface area contributed by atoms with Gasteiger partial charge in [-0.05, 0) is 39.3 Å². The number of anilines is 1. The van der Waals surface area contributed by atoms with Gasteiger partial charge in [0.25, 0.3) is 0 Å². The van der Waals surface area contributed by atoms with Gasteiger partial charge < -0.3 is 25.6 Å². The van der Waals surface area contributed by atoms with Crippen molar-refractivity contribution in [1.29, 1.82) is 0 Å². The highest BCUT2D eigenvalue weighted by atomic mass is 35.5. The number of aryl methyl sites for hydroxylation is 1. The Balaban J connectivity index is 0.000000488. The summed E-state index contributed by atoms with van der Waals surface area (Å²) < 4.78 is 9.17. The number of hydrogen-bond donors (Lipinski definition) is 3. The number of para-hydroxylation sites is 1. The molecule has 0 amide bonds. The summed E-state index contributed by atoms with van der Waals surface area (Å²) in [6, 6.07) is 4.79. The van der Waals surface area contributed by atoms with Crippen molar-refractivity contribution in [2.75, 3.05) is 18.5 Å². The van der Waals surface area contributed by atoms with E-state index < -0.39 is 30.1 Å². The van der Waals surface area contributed by atoms with Gasteiger partial charge in [0.2, 0.25) is 0 Å². The lowest BCUT2D eigenvalue weighted by atomic mass is 10.2. The Morgan fingerprint density at radius 3 is 2.38 bits per heavy atom. The average Bonchev–Trinajstić information content (AvgIpc) is 2.58. The predicted octanol–water partition coefficient (Wildman–Crippen LogP) is 1.97. The van der Waals surface area contributed by atoms with E-state index in [9.17, 15) is 14.4 Å². The molecule has 2 atom stereocenters. The zero-order valence-electron chi connectivity index (χ0n) is 15.2. The quantitative estimate of drug-likeness (QED) is 0.605. The number of carbonyl (C=O) groups excluding carboxylic acids is 2. The van der Waals surface area contributed by atoms with Crippen LogP contribution in [0.3, 0.4) is 0 Å². The average molecular weight is 389 g/mol. The summed E-state index contributed by atoms with van der Waals surface area (Å²) in [5.74, 6) is -2.07. The normalized spacial score (nSPS) is 12.1. The topological polar surface area (TPSA) is 128 Å². The number of carbonyl (C=O) groups is 3. The Morgan fingerprint density at radius 1 is 1.31 bits per heavy atom. The molecule has 0 bridgehead atoms. The van der Waals surface area contributed by atoms with Crippen LogP contribution < -0.4 is 11.1 Å². The minimum Gasteiger partial charge on any atom is -0.480 e. The second-order valence-electron chi connectivity index (χ2n) is 5.22. The third kappa shape index (κ3) is 8.68. The molecule has 0 aliphatic heterocycles. The zero-order chi connectivity index (χ0) is 20.3. The largest absolute Gasteiger partial charge is 0.480 e. The van der Waals surface area contributed by atoms with Crippen LogP contribution in [0.25, 0.3) is 0 Å². The summed E-state index contributed by atoms with van der Waals surface area (Å²) in [5, 5.41) is 12.1. The Morgan fingerprint density at radius 2 is 1.92 bits per heavy atom. The van der Waals surface area contributed by atoms with Crippen molar-refractivity contribution < 1.29 is 29.0 Å². The van der Waals surface area contributed by atoms with Gasteiger partial charge in [0.1, 0.15) is 6.04 Å². The fourth-order valence-electron chi connectivity index (χ4n) is 1.65. The summed E-state index contributed by atoms with van der Waals surface area (Å²) in [6.07, 6.45) is -0.874. The molecule has 0 heterocycles. The van der Waals surface area contributed by atoms with Crippen molar-refractivity contribution in [3.8, 4) is 0 Å². The van der Waals surface area contributed by atoms with Crippen molar-refractivity contribution in [1.82, 2.24) is 0 Å². The highest BCUT2D eigenvalue weighted by Crippen LogP contribution is 2.25. The Bertz CT molecular complexity index is 603. The highest BCUT2D eigenvalue weighted by Gasteiger charge is 2.17. The maximum absolute atomic E-state index is 10.9. The van der Waals surface area contributed by atoms with Gasteiger partial charge in [-0.25, -0.2) is 4.79 Å². The number of nitrogens with two attached hydrogens (primary N) is 1. The molecule has 26 heavy (non-hydrogen) atoms. The van der Waals surface area contributed by atoms with Crippen molar-refractivity contribution in [2.45, 2.75) is 39.8 Å². The van der Waals surface area contributed by atoms with Gasteiger partial charge in [-0.3, -0.25) is 9.59 Å². The standard InChI is InChI=1S/C10H12ClNO2.C7H13NO4/c1-6-4-3-5-8(11)9(6)12-7(2)10(13)14;1-3-11-7(10)5(2)12-6(9)4-8/h3-5,7,12H,1-2H3,(H,13,14);5H,3-4,8H2,1-2H3/t7-;/m0./s1. The summed E-state index contributed by atoms with van der Waals surface area (Å²) >= 11 is 5.92. The third-order valence-electron chi connectivity index (χ3n) is 3.05. The summed E-state index contributed by atoms with van der Waals surface area (Å²) in [6.45, 7) is 6.60. The molecule has 0 aromatic heterocycles. The maximum atomic E-state index is 10.9. The lowest BCUT2D eigenvalue weighted by Crippen LogP contribution is -2.29. The Kier molecular flexibility index (Phi) is 11.0. The van der Waals surface area contributed by atoms with E-state index in [0.29, 0.717) is 10.7 Å². The van der Waals surface area contributed by atoms with E-state index in [1.54, 1.807) is 19.9 Å². The number of esters is 2. The molecule has 1 rings (SSSR count). The number of nitrogens with one attached hydrogen (secondary N) is 1. The second kappa shape index (κ2) is 12.1. The lowest BCUT2D eigenvalue weighted by Gasteiger charge is -2.14. The van der Waals surface area contributed by atoms with Crippen LogP contribution in [0.4, 0.5) is 5.69 Å². The maximum Gasteiger partial charge on any atom is 0.347 e. The first-order valence-electron chi connectivity index (χ1n) is 7.94. The van der Waals surface area contributed by atoms with E-state index in [2.05, 4.69) is 14.8 Å². The molecular formula is C17H25ClN2O6. The molecule has 146 valence electrons. The molecule has 0 saturated heterocycles. The number of hydrogen-bond acceptors (Lipinski definition) is 7. The van der Waals surface area contributed by atoms with Crippen LogP contribution in [0.2, 0.25) is 5.02 Å². The third-order valence-corrected chi connectivity index (χ3v) is 3.36. The van der Waals surface area contributed by atoms with Gasteiger partial charge in [0.15, 0.2) is 6.10 Å². The molecule has 8 nitrogen and oxygen atoms in total. The summed E-state index contributed by atoms with van der Waals surface area (Å²) in [5.41, 5.74) is 6.59. The van der Waals surface area contributed by atoms with Crippen molar-refractivity contribution >= 4 is 35.2 Å². The predicted molar refractivity (Wildman–Crippen MR) is 98.2 cm³/mol. The molecule has 1 unspecified atom stereocenters. The minimum absolute atomic E-state index is 0.232. The minimum atomic E-state index is -0.899. The van der Waals surface area contributed by atoms with Crippen molar-refractivity contribution in [3.63, 3.8) is 0 Å². The lowest BCUT2D eigenvalue weighted by molar-refractivity contribution is -0.165. The monoisotopic (exact) mass is 388 g/mol. The van der Waals surface area contributed by atoms with Gasteiger partial charge in [0, 0.05) is 0 Å². The SMILES string of the molecule is CCOC(=O)C(C)OC(=O)CN.Cc1cccc(Cl)c1N[C@@H](C)C(=O)O. The smallest absolute Gasteiger partial charge is 0.347 e. The van der Waals surface area contributed by atoms with Crippen LogP contribution in [-0.2, 0) is 23.9 Å². The van der Waals surface area contributed by atoms with Gasteiger partial charge in [-0.1, -0.05) is 23.7 Å². The van der Waals surface area contributed by atoms with Gasteiger partial charge in [-0.15, -0.1) is 0 Å². The molecule has 1 aromatic rings. The van der Waals surface area contributed by atoms with E-state index in [1.807, 2.05) is 19.1 Å². The van der Waals surface area contributed by atoms with Crippen LogP contribution >= 0.6 is 11.6 Å². The van der Waals surface area contributed by atoms with Crippen LogP contribution in [0.1, 0.15) is 26.3 Å². The first-order valence-corrected chi connectivity index (χ1v) is 8.32. The van der Waals surface area contributed by atoms with Crippen LogP contribution in [0.15, 0.2) is 18.2 Å². The number of ether oxygens (including phenoxy) is 2. The number of benzene rings is 1. The zero-order valence-corrected chi connectivity index (χ0v) is 16.0. The molecular weight excluding hydrogens is 364 g/mol. The molecule has 0 saturated carbocycles. The molecule has 0 aliphatic carbocycles. The second-order valence-corrected chi connectivity index (χ2v) is 5.63. The molecule has 0 spiro atoms. The molecule has 1 aromatic carbocycles. The Hall–Kier alpha value is -2.32. The summed E-state index contributed by atoms with van der Waals surface area (Å²) in [4.78, 5) is 32.1. The van der Waals surface area contributed by atoms with E-state index in [0.717, 1.165) is 5.56 Å². The van der Waals surface area contributed by atoms with E-state index in [1.165, 1.54) is 6.92 Å². The first-order chi connectivity index (χ1) is 12.1. The Labute approximate surface area is 157 Å². The summed E-state index contributed by atoms with van der Waals surface area (Å²) in [7, 11) is 0. The number of rotatable bonds is 7. The fourth-order valence-corrected chi connectivity index (χ4v) is 1.92. The number of halogens is 1. The van der Waals surface area contributed by atoms with Crippen molar-refractivity contribution in [3.05, 3.63) is 28.8 Å². The van der Waals surface area contributed by atoms with Crippen molar-refractivity contribution in [2.24, 2.45) is 5.73 Å². The molecule has 9 heteroatoms.